The Kier molecular flexibility index (Phi) is 4.87. The molecule has 0 bridgehead atoms. The highest BCUT2D eigenvalue weighted by molar-refractivity contribution is 7.13. The molecule has 0 amide bonds. The van der Waals surface area contributed by atoms with E-state index in [1.165, 1.54) is 16.3 Å². The molecule has 0 radical (unpaired) electrons. The van der Waals surface area contributed by atoms with E-state index in [2.05, 4.69) is 89.6 Å². The summed E-state index contributed by atoms with van der Waals surface area (Å²) in [7, 11) is 0. The minimum absolute atomic E-state index is 1.00. The molecule has 2 heterocycles. The predicted octanol–water partition coefficient (Wildman–Crippen LogP) is 8.42. The van der Waals surface area contributed by atoms with Gasteiger partial charge in [-0.1, -0.05) is 91.0 Å². The lowest BCUT2D eigenvalue weighted by molar-refractivity contribution is 1.39. The van der Waals surface area contributed by atoms with Crippen LogP contribution in [0.25, 0.3) is 54.4 Å². The zero-order valence-corrected chi connectivity index (χ0v) is 18.7. The minimum atomic E-state index is 1.00. The summed E-state index contributed by atoms with van der Waals surface area (Å²) < 4.78 is 0. The van der Waals surface area contributed by atoms with Crippen molar-refractivity contribution in [1.82, 2.24) is 9.97 Å². The molecule has 2 aromatic heterocycles. The summed E-state index contributed by atoms with van der Waals surface area (Å²) >= 11 is 3.36. The normalized spacial score (nSPS) is 11.1. The largest absolute Gasteiger partial charge is 0.236 e. The van der Waals surface area contributed by atoms with Gasteiger partial charge in [-0.3, -0.25) is 0 Å². The van der Waals surface area contributed by atoms with Gasteiger partial charge in [0.05, 0.1) is 11.4 Å². The predicted molar refractivity (Wildman–Crippen MR) is 137 cm³/mol. The molecule has 2 nitrogen and oxygen atoms in total. The van der Waals surface area contributed by atoms with Gasteiger partial charge in [0.2, 0.25) is 0 Å². The van der Waals surface area contributed by atoms with E-state index in [9.17, 15) is 0 Å². The molecule has 0 spiro atoms. The van der Waals surface area contributed by atoms with Crippen LogP contribution in [-0.2, 0) is 0 Å². The number of thiazole rings is 2. The molecular weight excluding hydrogens is 428 g/mol. The second kappa shape index (κ2) is 8.15. The molecule has 0 aliphatic heterocycles. The molecule has 0 unspecified atom stereocenters. The molecule has 6 rings (SSSR count). The first-order valence-corrected chi connectivity index (χ1v) is 12.2. The molecule has 0 aliphatic carbocycles. The molecule has 0 saturated heterocycles. The van der Waals surface area contributed by atoms with Crippen molar-refractivity contribution in [2.75, 3.05) is 0 Å². The van der Waals surface area contributed by atoms with Crippen LogP contribution in [0.5, 0.6) is 0 Å². The maximum Gasteiger partial charge on any atom is 0.124 e. The van der Waals surface area contributed by atoms with Gasteiger partial charge in [-0.25, -0.2) is 9.97 Å². The van der Waals surface area contributed by atoms with Gasteiger partial charge in [0.25, 0.3) is 0 Å². The number of hydrogen-bond acceptors (Lipinski definition) is 4. The SMILES string of the molecule is c1ccc(-c2nc(-c3cccc(-c4nc(-c5cccc6ccccc56)cs4)c3)cs2)cc1. The van der Waals surface area contributed by atoms with E-state index in [0.29, 0.717) is 0 Å². The third-order valence-corrected chi connectivity index (χ3v) is 7.28. The van der Waals surface area contributed by atoms with Crippen LogP contribution in [0.1, 0.15) is 0 Å². The molecule has 0 N–H and O–H groups in total. The van der Waals surface area contributed by atoms with Crippen LogP contribution in [0.2, 0.25) is 0 Å². The monoisotopic (exact) mass is 446 g/mol. The van der Waals surface area contributed by atoms with Crippen LogP contribution in [0.15, 0.2) is 108 Å². The summed E-state index contributed by atoms with van der Waals surface area (Å²) in [4.78, 5) is 9.86. The first kappa shape index (κ1) is 19.1. The summed E-state index contributed by atoms with van der Waals surface area (Å²) in [5.74, 6) is 0. The Balaban J connectivity index is 1.35. The lowest BCUT2D eigenvalue weighted by Crippen LogP contribution is -1.84. The van der Waals surface area contributed by atoms with E-state index in [0.717, 1.165) is 38.1 Å². The molecule has 0 atom stereocenters. The Labute approximate surface area is 194 Å². The van der Waals surface area contributed by atoms with Crippen molar-refractivity contribution in [1.29, 1.82) is 0 Å². The van der Waals surface area contributed by atoms with Crippen LogP contribution in [0.4, 0.5) is 0 Å². The summed E-state index contributed by atoms with van der Waals surface area (Å²) in [5, 5.41) is 8.81. The average Bonchev–Trinajstić information content (AvgIpc) is 3.55. The van der Waals surface area contributed by atoms with Crippen LogP contribution in [0.3, 0.4) is 0 Å². The highest BCUT2D eigenvalue weighted by Gasteiger charge is 2.12. The fourth-order valence-electron chi connectivity index (χ4n) is 3.91. The Hall–Kier alpha value is -3.60. The fourth-order valence-corrected chi connectivity index (χ4v) is 5.56. The topological polar surface area (TPSA) is 25.8 Å². The first-order chi connectivity index (χ1) is 15.8. The van der Waals surface area contributed by atoms with Gasteiger partial charge in [-0.2, -0.15) is 0 Å². The molecule has 0 fully saturated rings. The Morgan fingerprint density at radius 3 is 2.03 bits per heavy atom. The Bertz CT molecular complexity index is 1520. The maximum absolute atomic E-state index is 4.99. The lowest BCUT2D eigenvalue weighted by atomic mass is 10.0. The highest BCUT2D eigenvalue weighted by atomic mass is 32.1. The van der Waals surface area contributed by atoms with Crippen LogP contribution < -0.4 is 0 Å². The highest BCUT2D eigenvalue weighted by Crippen LogP contribution is 2.35. The van der Waals surface area contributed by atoms with Crippen molar-refractivity contribution in [2.24, 2.45) is 0 Å². The molecule has 32 heavy (non-hydrogen) atoms. The van der Waals surface area contributed by atoms with Gasteiger partial charge in [-0.15, -0.1) is 22.7 Å². The van der Waals surface area contributed by atoms with Crippen LogP contribution in [-0.4, -0.2) is 9.97 Å². The number of benzene rings is 4. The van der Waals surface area contributed by atoms with Gasteiger partial charge in [0.1, 0.15) is 10.0 Å². The van der Waals surface area contributed by atoms with Gasteiger partial charge < -0.3 is 0 Å². The van der Waals surface area contributed by atoms with Gasteiger partial charge >= 0.3 is 0 Å². The zero-order chi connectivity index (χ0) is 21.3. The van der Waals surface area contributed by atoms with Crippen molar-refractivity contribution in [3.8, 4) is 43.7 Å². The number of rotatable bonds is 4. The summed E-state index contributed by atoms with van der Waals surface area (Å²) in [6.07, 6.45) is 0. The molecule has 0 aliphatic rings. The molecule has 6 aromatic rings. The van der Waals surface area contributed by atoms with E-state index in [1.807, 2.05) is 18.2 Å². The smallest absolute Gasteiger partial charge is 0.124 e. The maximum atomic E-state index is 4.99. The Morgan fingerprint density at radius 1 is 0.500 bits per heavy atom. The summed E-state index contributed by atoms with van der Waals surface area (Å²) in [5.41, 5.74) is 6.58. The zero-order valence-electron chi connectivity index (χ0n) is 17.1. The standard InChI is InChI=1S/C28H18N2S2/c1-2-9-20(10-3-1)27-29-25(17-31-27)21-12-6-13-22(16-21)28-30-26(18-32-28)24-15-7-11-19-8-4-5-14-23(19)24/h1-18H. The fraction of sp³-hybridized carbons (Fsp3) is 0. The lowest BCUT2D eigenvalue weighted by Gasteiger charge is -2.04. The van der Waals surface area contributed by atoms with E-state index in [-0.39, 0.29) is 0 Å². The molecule has 0 saturated carbocycles. The number of aromatic nitrogens is 2. The average molecular weight is 447 g/mol. The minimum Gasteiger partial charge on any atom is -0.236 e. The van der Waals surface area contributed by atoms with Gasteiger partial charge in [-0.05, 0) is 16.8 Å². The third-order valence-electron chi connectivity index (χ3n) is 5.50. The molecular formula is C28H18N2S2. The van der Waals surface area contributed by atoms with Crippen molar-refractivity contribution in [2.45, 2.75) is 0 Å². The van der Waals surface area contributed by atoms with Crippen LogP contribution >= 0.6 is 22.7 Å². The first-order valence-electron chi connectivity index (χ1n) is 10.4. The van der Waals surface area contributed by atoms with Crippen LogP contribution in [0, 0.1) is 0 Å². The van der Waals surface area contributed by atoms with E-state index in [1.54, 1.807) is 22.7 Å². The van der Waals surface area contributed by atoms with Crippen molar-refractivity contribution >= 4 is 33.4 Å². The van der Waals surface area contributed by atoms with E-state index in [4.69, 9.17) is 9.97 Å². The van der Waals surface area contributed by atoms with E-state index >= 15 is 0 Å². The molecule has 4 aromatic carbocycles. The van der Waals surface area contributed by atoms with Gasteiger partial charge in [0, 0.05) is 33.0 Å². The van der Waals surface area contributed by atoms with Crippen molar-refractivity contribution in [3.05, 3.63) is 108 Å². The summed E-state index contributed by atoms with van der Waals surface area (Å²) in [6, 6.07) is 33.7. The van der Waals surface area contributed by atoms with Gasteiger partial charge in [0.15, 0.2) is 0 Å². The van der Waals surface area contributed by atoms with Crippen molar-refractivity contribution in [3.63, 3.8) is 0 Å². The Morgan fingerprint density at radius 2 is 1.12 bits per heavy atom. The third kappa shape index (κ3) is 3.54. The summed E-state index contributed by atoms with van der Waals surface area (Å²) in [6.45, 7) is 0. The molecule has 4 heteroatoms. The second-order valence-corrected chi connectivity index (χ2v) is 9.27. The second-order valence-electron chi connectivity index (χ2n) is 7.55. The quantitative estimate of drug-likeness (QED) is 0.271. The number of hydrogen-bond donors (Lipinski definition) is 0. The molecule has 152 valence electrons. The van der Waals surface area contributed by atoms with Crippen molar-refractivity contribution < 1.29 is 0 Å². The van der Waals surface area contributed by atoms with E-state index < -0.39 is 0 Å². The number of nitrogens with zero attached hydrogens (tertiary/aromatic N) is 2. The number of fused-ring (bicyclic) bond motifs is 1.